The lowest BCUT2D eigenvalue weighted by Gasteiger charge is -2.11. The van der Waals surface area contributed by atoms with Crippen LogP contribution in [0.15, 0.2) is 53.7 Å². The molecule has 0 aliphatic carbocycles. The van der Waals surface area contributed by atoms with Crippen LogP contribution in [-0.4, -0.2) is 33.6 Å². The largest absolute Gasteiger partial charge is 0.357 e. The molecule has 2 aromatic heterocycles. The lowest BCUT2D eigenvalue weighted by Crippen LogP contribution is -2.38. The van der Waals surface area contributed by atoms with E-state index in [0.717, 1.165) is 36.0 Å². The minimum absolute atomic E-state index is 0. The molecule has 1 aromatic carbocycles. The number of aromatic nitrogens is 3. The van der Waals surface area contributed by atoms with Crippen LogP contribution in [-0.2, 0) is 13.0 Å². The molecular weight excluding hydrogens is 446 g/mol. The summed E-state index contributed by atoms with van der Waals surface area (Å²) in [4.78, 5) is 4.52. The standard InChI is InChI=1S/C18H21FN6.HI/c1-2-20-18(22-13-14-6-8-15(19)9-7-14)21-11-10-17-24-23-16-5-3-4-12-25(16)17;/h3-9,12H,2,10-11,13H2,1H3,(H2,20,21,22);1H. The third kappa shape index (κ3) is 5.38. The molecule has 3 aromatic rings. The van der Waals surface area contributed by atoms with Crippen molar-refractivity contribution in [3.63, 3.8) is 0 Å². The first-order valence-corrected chi connectivity index (χ1v) is 8.31. The number of nitrogens with zero attached hydrogens (tertiary/aromatic N) is 4. The van der Waals surface area contributed by atoms with E-state index in [1.807, 2.05) is 35.7 Å². The second-order valence-electron chi connectivity index (χ2n) is 5.54. The maximum absolute atomic E-state index is 12.9. The fourth-order valence-electron chi connectivity index (χ4n) is 2.46. The molecule has 3 rings (SSSR count). The van der Waals surface area contributed by atoms with Crippen LogP contribution in [0.5, 0.6) is 0 Å². The monoisotopic (exact) mass is 468 g/mol. The molecule has 26 heavy (non-hydrogen) atoms. The number of hydrogen-bond acceptors (Lipinski definition) is 3. The maximum Gasteiger partial charge on any atom is 0.191 e. The van der Waals surface area contributed by atoms with Crippen LogP contribution in [0.1, 0.15) is 18.3 Å². The molecule has 6 nitrogen and oxygen atoms in total. The van der Waals surface area contributed by atoms with Gasteiger partial charge in [-0.3, -0.25) is 4.40 Å². The summed E-state index contributed by atoms with van der Waals surface area (Å²) in [6.45, 7) is 3.96. The van der Waals surface area contributed by atoms with Crippen LogP contribution in [0.25, 0.3) is 5.65 Å². The number of pyridine rings is 1. The van der Waals surface area contributed by atoms with Gasteiger partial charge in [0.15, 0.2) is 11.6 Å². The van der Waals surface area contributed by atoms with Gasteiger partial charge in [0.05, 0.1) is 6.54 Å². The van der Waals surface area contributed by atoms with Crippen molar-refractivity contribution in [2.24, 2.45) is 4.99 Å². The van der Waals surface area contributed by atoms with Gasteiger partial charge in [0.1, 0.15) is 11.6 Å². The molecule has 2 heterocycles. The Kier molecular flexibility index (Phi) is 7.76. The summed E-state index contributed by atoms with van der Waals surface area (Å²) in [5, 5.41) is 14.9. The van der Waals surface area contributed by atoms with Crippen molar-refractivity contribution >= 4 is 35.6 Å². The van der Waals surface area contributed by atoms with Crippen molar-refractivity contribution in [2.75, 3.05) is 13.1 Å². The Hall–Kier alpha value is -2.23. The van der Waals surface area contributed by atoms with Gasteiger partial charge in [-0.1, -0.05) is 18.2 Å². The summed E-state index contributed by atoms with van der Waals surface area (Å²) in [5.41, 5.74) is 1.80. The second-order valence-corrected chi connectivity index (χ2v) is 5.54. The molecular formula is C18H22FIN6. The third-order valence-corrected chi connectivity index (χ3v) is 3.70. The average molecular weight is 468 g/mol. The zero-order valence-electron chi connectivity index (χ0n) is 14.5. The molecule has 0 unspecified atom stereocenters. The SMILES string of the molecule is CCNC(=NCc1ccc(F)cc1)NCCc1nnc2ccccn12.I. The molecule has 0 fully saturated rings. The Bertz CT molecular complexity index is 846. The molecule has 0 saturated heterocycles. The zero-order valence-corrected chi connectivity index (χ0v) is 16.9. The molecule has 0 radical (unpaired) electrons. The molecule has 0 aliphatic rings. The van der Waals surface area contributed by atoms with Gasteiger partial charge in [-0.15, -0.1) is 34.2 Å². The molecule has 8 heteroatoms. The van der Waals surface area contributed by atoms with Gasteiger partial charge in [-0.25, -0.2) is 9.38 Å². The van der Waals surface area contributed by atoms with Gasteiger partial charge in [0, 0.05) is 25.7 Å². The summed E-state index contributed by atoms with van der Waals surface area (Å²) in [6, 6.07) is 12.2. The van der Waals surface area contributed by atoms with Gasteiger partial charge in [0.25, 0.3) is 0 Å². The van der Waals surface area contributed by atoms with Gasteiger partial charge in [-0.05, 0) is 36.8 Å². The number of aliphatic imine (C=N–C) groups is 1. The fourth-order valence-corrected chi connectivity index (χ4v) is 2.46. The van der Waals surface area contributed by atoms with Gasteiger partial charge in [-0.2, -0.15) is 0 Å². The van der Waals surface area contributed by atoms with Gasteiger partial charge >= 0.3 is 0 Å². The number of guanidine groups is 1. The van der Waals surface area contributed by atoms with E-state index in [-0.39, 0.29) is 29.8 Å². The summed E-state index contributed by atoms with van der Waals surface area (Å²) in [6.07, 6.45) is 2.69. The average Bonchev–Trinajstić information content (AvgIpc) is 3.04. The van der Waals surface area contributed by atoms with Crippen molar-refractivity contribution in [2.45, 2.75) is 19.9 Å². The fraction of sp³-hybridized carbons (Fsp3) is 0.278. The van der Waals surface area contributed by atoms with E-state index in [0.29, 0.717) is 13.1 Å². The van der Waals surface area contributed by atoms with Crippen molar-refractivity contribution in [3.8, 4) is 0 Å². The Labute approximate surface area is 169 Å². The van der Waals surface area contributed by atoms with Gasteiger partial charge in [0.2, 0.25) is 0 Å². The molecule has 0 atom stereocenters. The van der Waals surface area contributed by atoms with E-state index in [1.165, 1.54) is 12.1 Å². The molecule has 0 saturated carbocycles. The van der Waals surface area contributed by atoms with Crippen molar-refractivity contribution in [1.29, 1.82) is 0 Å². The van der Waals surface area contributed by atoms with E-state index < -0.39 is 0 Å². The Morgan fingerprint density at radius 3 is 2.69 bits per heavy atom. The normalized spacial score (nSPS) is 11.2. The third-order valence-electron chi connectivity index (χ3n) is 3.70. The number of nitrogens with one attached hydrogen (secondary N) is 2. The minimum Gasteiger partial charge on any atom is -0.357 e. The highest BCUT2D eigenvalue weighted by Gasteiger charge is 2.05. The van der Waals surface area contributed by atoms with Crippen LogP contribution < -0.4 is 10.6 Å². The van der Waals surface area contributed by atoms with Crippen LogP contribution >= 0.6 is 24.0 Å². The Morgan fingerprint density at radius 2 is 1.92 bits per heavy atom. The minimum atomic E-state index is -0.238. The van der Waals surface area contributed by atoms with Crippen molar-refractivity contribution in [3.05, 3.63) is 65.9 Å². The molecule has 0 spiro atoms. The number of hydrogen-bond donors (Lipinski definition) is 2. The second kappa shape index (κ2) is 10.0. The van der Waals surface area contributed by atoms with Crippen LogP contribution in [0.2, 0.25) is 0 Å². The summed E-state index contributed by atoms with van der Waals surface area (Å²) >= 11 is 0. The van der Waals surface area contributed by atoms with Crippen molar-refractivity contribution in [1.82, 2.24) is 25.2 Å². The maximum atomic E-state index is 12.9. The molecule has 2 N–H and O–H groups in total. The van der Waals surface area contributed by atoms with Crippen LogP contribution in [0, 0.1) is 5.82 Å². The highest BCUT2D eigenvalue weighted by molar-refractivity contribution is 14.0. The predicted molar refractivity (Wildman–Crippen MR) is 111 cm³/mol. The number of benzene rings is 1. The smallest absolute Gasteiger partial charge is 0.191 e. The topological polar surface area (TPSA) is 66.6 Å². The number of fused-ring (bicyclic) bond motifs is 1. The highest BCUT2D eigenvalue weighted by Crippen LogP contribution is 2.04. The Balaban J connectivity index is 0.00000243. The van der Waals surface area contributed by atoms with E-state index in [1.54, 1.807) is 12.1 Å². The van der Waals surface area contributed by atoms with Crippen molar-refractivity contribution < 1.29 is 4.39 Å². The summed E-state index contributed by atoms with van der Waals surface area (Å²) < 4.78 is 14.9. The molecule has 0 aliphatic heterocycles. The van der Waals surface area contributed by atoms with E-state index in [2.05, 4.69) is 25.8 Å². The first-order valence-electron chi connectivity index (χ1n) is 8.31. The van der Waals surface area contributed by atoms with E-state index >= 15 is 0 Å². The molecule has 0 bridgehead atoms. The quantitative estimate of drug-likeness (QED) is 0.332. The lowest BCUT2D eigenvalue weighted by atomic mass is 10.2. The lowest BCUT2D eigenvalue weighted by molar-refractivity contribution is 0.627. The summed E-state index contributed by atoms with van der Waals surface area (Å²) in [5.74, 6) is 1.39. The Morgan fingerprint density at radius 1 is 1.12 bits per heavy atom. The molecule has 0 amide bonds. The predicted octanol–water partition coefficient (Wildman–Crippen LogP) is 2.78. The highest BCUT2D eigenvalue weighted by atomic mass is 127. The summed E-state index contributed by atoms with van der Waals surface area (Å²) in [7, 11) is 0. The number of rotatable bonds is 6. The zero-order chi connectivity index (χ0) is 17.5. The van der Waals surface area contributed by atoms with Crippen LogP contribution in [0.3, 0.4) is 0 Å². The first-order chi connectivity index (χ1) is 12.3. The number of halogens is 2. The van der Waals surface area contributed by atoms with Gasteiger partial charge < -0.3 is 10.6 Å². The molecule has 138 valence electrons. The van der Waals surface area contributed by atoms with Crippen LogP contribution in [0.4, 0.5) is 4.39 Å². The first kappa shape index (κ1) is 20.1. The van der Waals surface area contributed by atoms with E-state index in [4.69, 9.17) is 0 Å². The van der Waals surface area contributed by atoms with E-state index in [9.17, 15) is 4.39 Å².